The number of nitrogens with one attached hydrogen (secondary N) is 1. The van der Waals surface area contributed by atoms with Crippen LogP contribution in [0, 0.1) is 6.92 Å². The third-order valence-corrected chi connectivity index (χ3v) is 4.51. The Bertz CT molecular complexity index is 704. The number of amides is 1. The second-order valence-corrected chi connectivity index (χ2v) is 5.91. The van der Waals surface area contributed by atoms with E-state index >= 15 is 0 Å². The number of aromatic nitrogens is 2. The zero-order valence-electron chi connectivity index (χ0n) is 12.3. The summed E-state index contributed by atoms with van der Waals surface area (Å²) in [5.41, 5.74) is 1.57. The van der Waals surface area contributed by atoms with Crippen molar-refractivity contribution in [1.82, 2.24) is 9.36 Å². The minimum Gasteiger partial charge on any atom is -0.319 e. The van der Waals surface area contributed by atoms with Gasteiger partial charge in [0.25, 0.3) is 5.56 Å². The molecule has 0 saturated heterocycles. The van der Waals surface area contributed by atoms with Crippen LogP contribution in [0.3, 0.4) is 0 Å². The van der Waals surface area contributed by atoms with Gasteiger partial charge in [-0.3, -0.25) is 14.3 Å². The number of anilines is 1. The Labute approximate surface area is 131 Å². The quantitative estimate of drug-likeness (QED) is 0.860. The lowest BCUT2D eigenvalue weighted by Crippen LogP contribution is -2.26. The molecule has 0 aliphatic carbocycles. The number of hydrogen-bond donors (Lipinski definition) is 1. The van der Waals surface area contributed by atoms with E-state index in [1.54, 1.807) is 16.4 Å². The molecule has 0 unspecified atom stereocenters. The first kappa shape index (κ1) is 15.6. The van der Waals surface area contributed by atoms with Crippen LogP contribution in [0.5, 0.6) is 0 Å². The van der Waals surface area contributed by atoms with Crippen molar-refractivity contribution in [1.29, 1.82) is 0 Å². The van der Waals surface area contributed by atoms with E-state index in [-0.39, 0.29) is 16.3 Å². The average Bonchev–Trinajstić information content (AvgIpc) is 2.71. The summed E-state index contributed by atoms with van der Waals surface area (Å²) < 4.78 is 3.28. The van der Waals surface area contributed by atoms with Gasteiger partial charge in [-0.2, -0.15) is 0 Å². The first-order valence-corrected chi connectivity index (χ1v) is 7.67. The molecule has 6 heteroatoms. The van der Waals surface area contributed by atoms with Gasteiger partial charge in [-0.15, -0.1) is 0 Å². The maximum atomic E-state index is 12.6. The van der Waals surface area contributed by atoms with Crippen LogP contribution < -0.4 is 10.9 Å². The summed E-state index contributed by atoms with van der Waals surface area (Å²) in [5, 5.41) is 2.72. The maximum absolute atomic E-state index is 12.6. The number of nitrogens with zero attached hydrogens (tertiary/aromatic N) is 2. The summed E-state index contributed by atoms with van der Waals surface area (Å²) >= 11 is 3.29. The van der Waals surface area contributed by atoms with E-state index in [4.69, 9.17) is 0 Å². The summed E-state index contributed by atoms with van der Waals surface area (Å²) in [6.07, 6.45) is 0.657. The average molecular weight is 352 g/mol. The third kappa shape index (κ3) is 2.95. The Hall–Kier alpha value is -1.82. The van der Waals surface area contributed by atoms with Gasteiger partial charge in [-0.25, -0.2) is 4.68 Å². The topological polar surface area (TPSA) is 56.0 Å². The maximum Gasteiger partial charge on any atom is 0.295 e. The van der Waals surface area contributed by atoms with Crippen molar-refractivity contribution in [3.05, 3.63) is 46.4 Å². The van der Waals surface area contributed by atoms with E-state index in [0.717, 1.165) is 5.69 Å². The molecule has 21 heavy (non-hydrogen) atoms. The van der Waals surface area contributed by atoms with Crippen molar-refractivity contribution in [2.24, 2.45) is 7.05 Å². The molecular formula is C15H18BrN3O2. The number of carbonyl (C=O) groups is 1. The lowest BCUT2D eigenvalue weighted by molar-refractivity contribution is -0.115. The highest BCUT2D eigenvalue weighted by atomic mass is 79.9. The van der Waals surface area contributed by atoms with Gasteiger partial charge in [-0.1, -0.05) is 41.1 Å². The van der Waals surface area contributed by atoms with Gasteiger partial charge in [0.1, 0.15) is 5.69 Å². The Balaban J connectivity index is 2.47. The van der Waals surface area contributed by atoms with Crippen LogP contribution in [-0.2, 0) is 11.8 Å². The standard InChI is InChI=1S/C15H18BrN3O2/c1-4-12(16)14(20)17-13-10(2)18(3)19(15(13)21)11-8-6-5-7-9-11/h5-9,12H,4H2,1-3H3,(H,17,20)/t12-/m0/s1. The molecule has 1 heterocycles. The van der Waals surface area contributed by atoms with Crippen molar-refractivity contribution in [3.63, 3.8) is 0 Å². The molecule has 0 saturated carbocycles. The predicted octanol–water partition coefficient (Wildman–Crippen LogP) is 2.60. The van der Waals surface area contributed by atoms with E-state index in [2.05, 4.69) is 21.2 Å². The smallest absolute Gasteiger partial charge is 0.295 e. The van der Waals surface area contributed by atoms with Gasteiger partial charge < -0.3 is 5.32 Å². The van der Waals surface area contributed by atoms with Crippen LogP contribution in [0.4, 0.5) is 5.69 Å². The molecule has 0 radical (unpaired) electrons. The molecule has 2 aromatic rings. The SMILES string of the molecule is CC[C@H](Br)C(=O)Nc1c(C)n(C)n(-c2ccccc2)c1=O. The zero-order chi connectivity index (χ0) is 15.6. The van der Waals surface area contributed by atoms with Crippen molar-refractivity contribution in [2.45, 2.75) is 25.1 Å². The molecule has 1 N–H and O–H groups in total. The number of carbonyl (C=O) groups excluding carboxylic acids is 1. The van der Waals surface area contributed by atoms with Crippen LogP contribution in [0.15, 0.2) is 35.1 Å². The minimum absolute atomic E-state index is 0.205. The van der Waals surface area contributed by atoms with E-state index in [1.807, 2.05) is 44.2 Å². The monoisotopic (exact) mass is 351 g/mol. The summed E-state index contributed by atoms with van der Waals surface area (Å²) in [6, 6.07) is 9.34. The molecule has 5 nitrogen and oxygen atoms in total. The fourth-order valence-electron chi connectivity index (χ4n) is 2.10. The molecule has 0 aliphatic rings. The van der Waals surface area contributed by atoms with Crippen molar-refractivity contribution in [3.8, 4) is 5.69 Å². The number of rotatable bonds is 4. The lowest BCUT2D eigenvalue weighted by Gasteiger charge is -2.07. The first-order chi connectivity index (χ1) is 9.97. The zero-order valence-corrected chi connectivity index (χ0v) is 13.8. The molecule has 0 spiro atoms. The number of benzene rings is 1. The highest BCUT2D eigenvalue weighted by molar-refractivity contribution is 9.10. The Morgan fingerprint density at radius 2 is 1.95 bits per heavy atom. The summed E-state index contributed by atoms with van der Waals surface area (Å²) in [4.78, 5) is 24.3. The highest BCUT2D eigenvalue weighted by Crippen LogP contribution is 2.15. The van der Waals surface area contributed by atoms with Crippen molar-refractivity contribution < 1.29 is 4.79 Å². The summed E-state index contributed by atoms with van der Waals surface area (Å²) in [7, 11) is 1.80. The number of alkyl halides is 1. The Morgan fingerprint density at radius 3 is 2.52 bits per heavy atom. The number of hydrogen-bond acceptors (Lipinski definition) is 2. The molecule has 112 valence electrons. The summed E-state index contributed by atoms with van der Waals surface area (Å²) in [5.74, 6) is -0.205. The first-order valence-electron chi connectivity index (χ1n) is 6.76. The van der Waals surface area contributed by atoms with Gasteiger partial charge in [0.15, 0.2) is 0 Å². The third-order valence-electron chi connectivity index (χ3n) is 3.45. The van der Waals surface area contributed by atoms with Gasteiger partial charge in [0.05, 0.1) is 16.2 Å². The van der Waals surface area contributed by atoms with E-state index in [0.29, 0.717) is 17.8 Å². The normalized spacial score (nSPS) is 12.2. The second kappa shape index (κ2) is 6.30. The predicted molar refractivity (Wildman–Crippen MR) is 87.4 cm³/mol. The highest BCUT2D eigenvalue weighted by Gasteiger charge is 2.20. The van der Waals surface area contributed by atoms with E-state index in [1.165, 1.54) is 0 Å². The molecule has 0 aliphatic heterocycles. The molecule has 1 atom stereocenters. The second-order valence-electron chi connectivity index (χ2n) is 4.80. The van der Waals surface area contributed by atoms with Gasteiger partial charge in [0, 0.05) is 7.05 Å². The number of halogens is 1. The Morgan fingerprint density at radius 1 is 1.33 bits per heavy atom. The molecule has 1 aromatic heterocycles. The molecule has 2 rings (SSSR count). The van der Waals surface area contributed by atoms with Crippen LogP contribution in [-0.4, -0.2) is 20.1 Å². The summed E-state index contributed by atoms with van der Waals surface area (Å²) in [6.45, 7) is 3.71. The molecule has 1 aromatic carbocycles. The largest absolute Gasteiger partial charge is 0.319 e. The fourth-order valence-corrected chi connectivity index (χ4v) is 2.21. The van der Waals surface area contributed by atoms with E-state index < -0.39 is 0 Å². The Kier molecular flexibility index (Phi) is 4.67. The fraction of sp³-hybridized carbons (Fsp3) is 0.333. The van der Waals surface area contributed by atoms with Crippen molar-refractivity contribution >= 4 is 27.5 Å². The van der Waals surface area contributed by atoms with Gasteiger partial charge in [-0.05, 0) is 25.5 Å². The molecule has 0 fully saturated rings. The van der Waals surface area contributed by atoms with Crippen LogP contribution in [0.2, 0.25) is 0 Å². The van der Waals surface area contributed by atoms with E-state index in [9.17, 15) is 9.59 Å². The van der Waals surface area contributed by atoms with Crippen LogP contribution in [0.25, 0.3) is 5.69 Å². The van der Waals surface area contributed by atoms with Gasteiger partial charge >= 0.3 is 0 Å². The van der Waals surface area contributed by atoms with Crippen LogP contribution >= 0.6 is 15.9 Å². The lowest BCUT2D eigenvalue weighted by atomic mass is 10.3. The minimum atomic E-state index is -0.304. The molecule has 0 bridgehead atoms. The molecular weight excluding hydrogens is 334 g/mol. The molecule has 1 amide bonds. The van der Waals surface area contributed by atoms with Crippen molar-refractivity contribution in [2.75, 3.05) is 5.32 Å². The van der Waals surface area contributed by atoms with Crippen LogP contribution in [0.1, 0.15) is 19.0 Å². The number of para-hydroxylation sites is 1. The van der Waals surface area contributed by atoms with Gasteiger partial charge in [0.2, 0.25) is 5.91 Å².